The first-order valence-corrected chi connectivity index (χ1v) is 5.25. The molecule has 0 aliphatic carbocycles. The predicted molar refractivity (Wildman–Crippen MR) is 65.0 cm³/mol. The maximum atomic E-state index is 5.78. The molecule has 0 spiro atoms. The highest BCUT2D eigenvalue weighted by Crippen LogP contribution is 2.22. The summed E-state index contributed by atoms with van der Waals surface area (Å²) in [6, 6.07) is 5.77. The predicted octanol–water partition coefficient (Wildman–Crippen LogP) is 0.603. The maximum absolute atomic E-state index is 5.78. The lowest BCUT2D eigenvalue weighted by Gasteiger charge is -2.34. The number of nitrogen functional groups attached to an aromatic ring is 2. The molecule has 0 aromatic heterocycles. The first-order valence-electron chi connectivity index (χ1n) is 5.25. The van der Waals surface area contributed by atoms with Crippen LogP contribution in [-0.4, -0.2) is 38.1 Å². The number of nitrogens with two attached hydrogens (primary N) is 2. The Balaban J connectivity index is 2.15. The quantitative estimate of drug-likeness (QED) is 0.661. The zero-order chi connectivity index (χ0) is 10.8. The van der Waals surface area contributed by atoms with Gasteiger partial charge in [-0.25, -0.2) is 0 Å². The fourth-order valence-corrected chi connectivity index (χ4v) is 1.91. The van der Waals surface area contributed by atoms with Gasteiger partial charge in [-0.05, 0) is 25.2 Å². The molecule has 15 heavy (non-hydrogen) atoms. The van der Waals surface area contributed by atoms with Gasteiger partial charge < -0.3 is 21.3 Å². The number of hydrogen-bond donors (Lipinski definition) is 2. The molecule has 82 valence electrons. The molecule has 1 aromatic rings. The third-order valence-corrected chi connectivity index (χ3v) is 2.83. The molecule has 1 aliphatic rings. The molecule has 1 saturated heterocycles. The molecule has 0 atom stereocenters. The van der Waals surface area contributed by atoms with Crippen LogP contribution >= 0.6 is 0 Å². The topological polar surface area (TPSA) is 58.5 Å². The third kappa shape index (κ3) is 2.33. The van der Waals surface area contributed by atoms with Crippen molar-refractivity contribution < 1.29 is 0 Å². The van der Waals surface area contributed by atoms with Crippen LogP contribution in [0.4, 0.5) is 17.1 Å². The van der Waals surface area contributed by atoms with E-state index in [4.69, 9.17) is 11.5 Å². The van der Waals surface area contributed by atoms with E-state index < -0.39 is 0 Å². The van der Waals surface area contributed by atoms with E-state index in [-0.39, 0.29) is 0 Å². The Hall–Kier alpha value is -1.42. The Morgan fingerprint density at radius 1 is 0.933 bits per heavy atom. The van der Waals surface area contributed by atoms with Crippen LogP contribution < -0.4 is 16.4 Å². The van der Waals surface area contributed by atoms with Crippen molar-refractivity contribution in [2.45, 2.75) is 0 Å². The highest BCUT2D eigenvalue weighted by Gasteiger charge is 2.14. The molecular formula is C11H18N4. The van der Waals surface area contributed by atoms with Gasteiger partial charge in [0.25, 0.3) is 0 Å². The summed E-state index contributed by atoms with van der Waals surface area (Å²) < 4.78 is 0. The average molecular weight is 206 g/mol. The monoisotopic (exact) mass is 206 g/mol. The minimum absolute atomic E-state index is 0.740. The van der Waals surface area contributed by atoms with Crippen LogP contribution in [0.25, 0.3) is 0 Å². The van der Waals surface area contributed by atoms with E-state index in [9.17, 15) is 0 Å². The van der Waals surface area contributed by atoms with Crippen LogP contribution in [0.15, 0.2) is 18.2 Å². The maximum Gasteiger partial charge on any atom is 0.0408 e. The Morgan fingerprint density at radius 3 is 2.00 bits per heavy atom. The zero-order valence-corrected chi connectivity index (χ0v) is 9.11. The van der Waals surface area contributed by atoms with E-state index in [1.165, 1.54) is 0 Å². The van der Waals surface area contributed by atoms with Gasteiger partial charge in [0.1, 0.15) is 0 Å². The Labute approximate surface area is 90.4 Å². The molecule has 1 aliphatic heterocycles. The van der Waals surface area contributed by atoms with E-state index in [2.05, 4.69) is 16.8 Å². The van der Waals surface area contributed by atoms with Gasteiger partial charge in [0, 0.05) is 43.2 Å². The molecular weight excluding hydrogens is 188 g/mol. The van der Waals surface area contributed by atoms with Crippen LogP contribution in [0.2, 0.25) is 0 Å². The lowest BCUT2D eigenvalue weighted by atomic mass is 10.2. The Bertz CT molecular complexity index is 322. The van der Waals surface area contributed by atoms with E-state index in [0.717, 1.165) is 43.2 Å². The Kier molecular flexibility index (Phi) is 2.68. The van der Waals surface area contributed by atoms with Gasteiger partial charge in [-0.1, -0.05) is 0 Å². The van der Waals surface area contributed by atoms with Crippen LogP contribution in [0, 0.1) is 0 Å². The zero-order valence-electron chi connectivity index (χ0n) is 9.11. The standard InChI is InChI=1S/C11H18N4/c1-14-2-4-15(5-3-14)11-7-9(12)6-10(13)8-11/h6-8H,2-5,12-13H2,1H3. The number of rotatable bonds is 1. The van der Waals surface area contributed by atoms with Gasteiger partial charge in [0.15, 0.2) is 0 Å². The molecule has 4 nitrogen and oxygen atoms in total. The van der Waals surface area contributed by atoms with Crippen molar-refractivity contribution >= 4 is 17.1 Å². The summed E-state index contributed by atoms with van der Waals surface area (Å²) in [5.74, 6) is 0. The molecule has 0 amide bonds. The van der Waals surface area contributed by atoms with Gasteiger partial charge in [0.2, 0.25) is 0 Å². The van der Waals surface area contributed by atoms with Gasteiger partial charge in [-0.3, -0.25) is 0 Å². The van der Waals surface area contributed by atoms with Crippen molar-refractivity contribution in [1.82, 2.24) is 4.90 Å². The first-order chi connectivity index (χ1) is 7.15. The van der Waals surface area contributed by atoms with Crippen molar-refractivity contribution in [2.24, 2.45) is 0 Å². The number of piperazine rings is 1. The largest absolute Gasteiger partial charge is 0.399 e. The van der Waals surface area contributed by atoms with Crippen LogP contribution in [0.3, 0.4) is 0 Å². The molecule has 1 aromatic carbocycles. The summed E-state index contributed by atoms with van der Waals surface area (Å²) in [4.78, 5) is 4.65. The van der Waals surface area contributed by atoms with Crippen LogP contribution in [-0.2, 0) is 0 Å². The minimum atomic E-state index is 0.740. The van der Waals surface area contributed by atoms with E-state index in [0.29, 0.717) is 0 Å². The van der Waals surface area contributed by atoms with Crippen molar-refractivity contribution in [3.63, 3.8) is 0 Å². The number of benzene rings is 1. The molecule has 0 radical (unpaired) electrons. The van der Waals surface area contributed by atoms with E-state index >= 15 is 0 Å². The molecule has 0 bridgehead atoms. The van der Waals surface area contributed by atoms with Gasteiger partial charge in [-0.15, -0.1) is 0 Å². The molecule has 0 unspecified atom stereocenters. The van der Waals surface area contributed by atoms with Crippen molar-refractivity contribution in [3.05, 3.63) is 18.2 Å². The van der Waals surface area contributed by atoms with Gasteiger partial charge in [-0.2, -0.15) is 0 Å². The van der Waals surface area contributed by atoms with Gasteiger partial charge in [0.05, 0.1) is 0 Å². The van der Waals surface area contributed by atoms with Crippen LogP contribution in [0.5, 0.6) is 0 Å². The fourth-order valence-electron chi connectivity index (χ4n) is 1.91. The molecule has 4 heteroatoms. The fraction of sp³-hybridized carbons (Fsp3) is 0.455. The Morgan fingerprint density at radius 2 is 1.47 bits per heavy atom. The normalized spacial score (nSPS) is 18.1. The van der Waals surface area contributed by atoms with Gasteiger partial charge >= 0.3 is 0 Å². The second kappa shape index (κ2) is 3.98. The minimum Gasteiger partial charge on any atom is -0.399 e. The van der Waals surface area contributed by atoms with E-state index in [1.807, 2.05) is 12.1 Å². The second-order valence-electron chi connectivity index (χ2n) is 4.15. The van der Waals surface area contributed by atoms with Crippen molar-refractivity contribution in [1.29, 1.82) is 0 Å². The number of anilines is 3. The summed E-state index contributed by atoms with van der Waals surface area (Å²) in [5.41, 5.74) is 14.2. The molecule has 2 rings (SSSR count). The number of nitrogens with zero attached hydrogens (tertiary/aromatic N) is 2. The van der Waals surface area contributed by atoms with E-state index in [1.54, 1.807) is 6.07 Å². The van der Waals surface area contributed by atoms with Crippen molar-refractivity contribution in [2.75, 3.05) is 49.6 Å². The summed E-state index contributed by atoms with van der Waals surface area (Å²) in [5, 5.41) is 0. The second-order valence-corrected chi connectivity index (χ2v) is 4.15. The summed E-state index contributed by atoms with van der Waals surface area (Å²) in [7, 11) is 2.14. The highest BCUT2D eigenvalue weighted by molar-refractivity contribution is 5.65. The molecule has 1 fully saturated rings. The molecule has 1 heterocycles. The first kappa shape index (κ1) is 10.1. The molecule has 4 N–H and O–H groups in total. The smallest absolute Gasteiger partial charge is 0.0408 e. The third-order valence-electron chi connectivity index (χ3n) is 2.83. The molecule has 0 saturated carbocycles. The SMILES string of the molecule is CN1CCN(c2cc(N)cc(N)c2)CC1. The summed E-state index contributed by atoms with van der Waals surface area (Å²) >= 11 is 0. The lowest BCUT2D eigenvalue weighted by Crippen LogP contribution is -2.44. The average Bonchev–Trinajstić information content (AvgIpc) is 2.17. The summed E-state index contributed by atoms with van der Waals surface area (Å²) in [6.07, 6.45) is 0. The number of likely N-dealkylation sites (N-methyl/N-ethyl adjacent to an activating group) is 1. The lowest BCUT2D eigenvalue weighted by molar-refractivity contribution is 0.313. The van der Waals surface area contributed by atoms with Crippen molar-refractivity contribution in [3.8, 4) is 0 Å². The summed E-state index contributed by atoms with van der Waals surface area (Å²) in [6.45, 7) is 4.27. The number of hydrogen-bond acceptors (Lipinski definition) is 4. The highest BCUT2D eigenvalue weighted by atomic mass is 15.2. The van der Waals surface area contributed by atoms with Crippen LogP contribution in [0.1, 0.15) is 0 Å².